The van der Waals surface area contributed by atoms with Gasteiger partial charge in [-0.05, 0) is 24.6 Å². The van der Waals surface area contributed by atoms with Gasteiger partial charge in [0.25, 0.3) is 0 Å². The zero-order valence-corrected chi connectivity index (χ0v) is 11.6. The van der Waals surface area contributed by atoms with Gasteiger partial charge in [-0.25, -0.2) is 4.39 Å². The lowest BCUT2D eigenvalue weighted by molar-refractivity contribution is 0.364. The van der Waals surface area contributed by atoms with Gasteiger partial charge in [0.1, 0.15) is 16.2 Å². The van der Waals surface area contributed by atoms with Crippen molar-refractivity contribution in [3.05, 3.63) is 29.7 Å². The monoisotopic (exact) mass is 318 g/mol. The number of aromatic nitrogens is 2. The second kappa shape index (κ2) is 4.24. The van der Waals surface area contributed by atoms with E-state index in [4.69, 9.17) is 0 Å². The second-order valence-corrected chi connectivity index (χ2v) is 6.17. The highest BCUT2D eigenvalue weighted by Gasteiger charge is 2.67. The van der Waals surface area contributed by atoms with Crippen LogP contribution >= 0.6 is 10.2 Å². The number of aryl methyl sites for hydroxylation is 1. The number of nitrogens with zero attached hydrogens (tertiary/aromatic N) is 2. The summed E-state index contributed by atoms with van der Waals surface area (Å²) in [5.74, 6) is -1.40. The third-order valence-corrected chi connectivity index (χ3v) is 3.43. The van der Waals surface area contributed by atoms with Gasteiger partial charge in [-0.3, -0.25) is 0 Å². The molecule has 2 rings (SSSR count). The highest BCUT2D eigenvalue weighted by molar-refractivity contribution is 8.46. The molecule has 2 aromatic rings. The Morgan fingerprint density at radius 3 is 2.05 bits per heavy atom. The molecule has 0 saturated heterocycles. The molecule has 0 unspecified atom stereocenters. The first-order chi connectivity index (χ1) is 8.88. The van der Waals surface area contributed by atoms with Gasteiger partial charge in [-0.2, -0.15) is 5.10 Å². The van der Waals surface area contributed by atoms with Crippen molar-refractivity contribution in [1.82, 2.24) is 10.2 Å². The van der Waals surface area contributed by atoms with Crippen molar-refractivity contribution in [2.24, 2.45) is 0 Å². The lowest BCUT2D eigenvalue weighted by Gasteiger charge is -2.40. The van der Waals surface area contributed by atoms with Crippen molar-refractivity contribution in [3.8, 4) is 0 Å². The molecular weight excluding hydrogens is 306 g/mol. The lowest BCUT2D eigenvalue weighted by atomic mass is 10.1. The Kier molecular flexibility index (Phi) is 3.51. The molecule has 0 N–H and O–H groups in total. The van der Waals surface area contributed by atoms with Gasteiger partial charge in [0.15, 0.2) is 0 Å². The van der Waals surface area contributed by atoms with Crippen molar-refractivity contribution in [2.45, 2.75) is 25.7 Å². The average Bonchev–Trinajstić information content (AvgIpc) is 2.29. The van der Waals surface area contributed by atoms with Gasteiger partial charge in [0, 0.05) is 5.39 Å². The fourth-order valence-electron chi connectivity index (χ4n) is 1.51. The summed E-state index contributed by atoms with van der Waals surface area (Å²) in [5, 5.41) is 5.90. The molecule has 0 aliphatic carbocycles. The van der Waals surface area contributed by atoms with Crippen molar-refractivity contribution >= 4 is 21.1 Å². The van der Waals surface area contributed by atoms with E-state index in [0.29, 0.717) is 6.07 Å². The van der Waals surface area contributed by atoms with Crippen LogP contribution < -0.4 is 0 Å². The van der Waals surface area contributed by atoms with Crippen LogP contribution in [-0.2, 0) is 0 Å². The maximum atomic E-state index is 13.1. The van der Waals surface area contributed by atoms with Gasteiger partial charge in [-0.15, -0.1) is 5.10 Å². The molecule has 0 aliphatic rings. The Balaban J connectivity index is 0.000000956. The molecule has 1 aromatic heterocycles. The van der Waals surface area contributed by atoms with E-state index in [2.05, 4.69) is 10.2 Å². The van der Waals surface area contributed by atoms with Crippen LogP contribution in [0.3, 0.4) is 0 Å². The van der Waals surface area contributed by atoms with Crippen LogP contribution in [0.4, 0.5) is 23.8 Å². The first-order valence-electron chi connectivity index (χ1n) is 5.54. The predicted octanol–water partition coefficient (Wildman–Crippen LogP) is 5.76. The molecule has 9 heteroatoms. The first-order valence-corrected chi connectivity index (χ1v) is 7.49. The van der Waals surface area contributed by atoms with E-state index in [1.54, 1.807) is 0 Å². The Morgan fingerprint density at radius 2 is 1.55 bits per heavy atom. The minimum atomic E-state index is -10.0. The van der Waals surface area contributed by atoms with Crippen LogP contribution in [0.5, 0.6) is 0 Å². The number of hydrogen-bond acceptors (Lipinski definition) is 2. The van der Waals surface area contributed by atoms with Crippen molar-refractivity contribution in [1.29, 1.82) is 0 Å². The number of benzene rings is 1. The Morgan fingerprint density at radius 1 is 1.00 bits per heavy atom. The number of halogens is 6. The topological polar surface area (TPSA) is 25.8 Å². The van der Waals surface area contributed by atoms with Crippen LogP contribution in [-0.4, -0.2) is 10.2 Å². The van der Waals surface area contributed by atoms with Crippen LogP contribution in [0.1, 0.15) is 19.4 Å². The van der Waals surface area contributed by atoms with Gasteiger partial charge >= 0.3 is 10.2 Å². The summed E-state index contributed by atoms with van der Waals surface area (Å²) >= 11 is 0. The van der Waals surface area contributed by atoms with E-state index >= 15 is 0 Å². The molecule has 0 amide bonds. The zero-order chi connectivity index (χ0) is 15.8. The molecule has 0 saturated carbocycles. The minimum absolute atomic E-state index is 0.127. The predicted molar refractivity (Wildman–Crippen MR) is 67.0 cm³/mol. The van der Waals surface area contributed by atoms with Crippen LogP contribution in [0.25, 0.3) is 10.9 Å². The number of hydrogen-bond donors (Lipinski definition) is 0. The molecule has 0 atom stereocenters. The van der Waals surface area contributed by atoms with E-state index in [1.165, 1.54) is 6.92 Å². The maximum Gasteiger partial charge on any atom is 0.312 e. The molecular formula is C11H12F6N2S. The first kappa shape index (κ1) is 16.5. The molecule has 1 heterocycles. The van der Waals surface area contributed by atoms with Crippen molar-refractivity contribution < 1.29 is 23.8 Å². The van der Waals surface area contributed by atoms with Gasteiger partial charge in [-0.1, -0.05) is 33.3 Å². The molecule has 0 spiro atoms. The molecule has 0 bridgehead atoms. The van der Waals surface area contributed by atoms with Crippen molar-refractivity contribution in [2.75, 3.05) is 0 Å². The molecule has 0 radical (unpaired) electrons. The average molecular weight is 318 g/mol. The summed E-state index contributed by atoms with van der Waals surface area (Å²) in [5.41, 5.74) is -0.918. The molecule has 20 heavy (non-hydrogen) atoms. The van der Waals surface area contributed by atoms with E-state index in [-0.39, 0.29) is 17.0 Å². The second-order valence-electron chi connectivity index (χ2n) is 3.80. The minimum Gasteiger partial charge on any atom is -0.207 e. The van der Waals surface area contributed by atoms with E-state index in [9.17, 15) is 23.8 Å². The SMILES string of the molecule is CC.Cc1cnnc2c(S(F)(F)(F)(F)F)cc(F)cc12. The summed E-state index contributed by atoms with van der Waals surface area (Å²) in [6, 6.07) is 0.463. The zero-order valence-electron chi connectivity index (χ0n) is 10.8. The third kappa shape index (κ3) is 3.33. The molecule has 0 aliphatic heterocycles. The van der Waals surface area contributed by atoms with E-state index in [1.807, 2.05) is 13.8 Å². The highest BCUT2D eigenvalue weighted by atomic mass is 32.5. The van der Waals surface area contributed by atoms with Crippen LogP contribution in [0.15, 0.2) is 23.2 Å². The Labute approximate surface area is 111 Å². The molecule has 1 aromatic carbocycles. The van der Waals surface area contributed by atoms with Crippen LogP contribution in [0, 0.1) is 12.7 Å². The highest BCUT2D eigenvalue weighted by Crippen LogP contribution is 3.02. The summed E-state index contributed by atoms with van der Waals surface area (Å²) < 4.78 is 76.9. The van der Waals surface area contributed by atoms with Crippen LogP contribution in [0.2, 0.25) is 0 Å². The van der Waals surface area contributed by atoms with Gasteiger partial charge in [0.2, 0.25) is 0 Å². The fraction of sp³-hybridized carbons (Fsp3) is 0.273. The summed E-state index contributed by atoms with van der Waals surface area (Å²) in [6.45, 7) is 5.33. The number of fused-ring (bicyclic) bond motifs is 1. The molecule has 114 valence electrons. The van der Waals surface area contributed by atoms with E-state index < -0.39 is 26.5 Å². The number of rotatable bonds is 1. The molecule has 2 nitrogen and oxygen atoms in total. The normalized spacial score (nSPS) is 15.1. The summed E-state index contributed by atoms with van der Waals surface area (Å²) in [4.78, 5) is -2.35. The van der Waals surface area contributed by atoms with Crippen molar-refractivity contribution in [3.63, 3.8) is 0 Å². The van der Waals surface area contributed by atoms with E-state index in [0.717, 1.165) is 6.20 Å². The Hall–Kier alpha value is -1.51. The third-order valence-electron chi connectivity index (χ3n) is 2.29. The maximum absolute atomic E-state index is 13.1. The smallest absolute Gasteiger partial charge is 0.207 e. The Bertz CT molecular complexity index is 653. The lowest BCUT2D eigenvalue weighted by Crippen LogP contribution is -2.09. The quantitative estimate of drug-likeness (QED) is 0.625. The largest absolute Gasteiger partial charge is 0.312 e. The summed E-state index contributed by atoms with van der Waals surface area (Å²) in [6.07, 6.45) is 1.07. The molecule has 0 fully saturated rings. The standard InChI is InChI=1S/C9H6F6N2S.C2H6/c1-5-4-16-17-9-7(5)2-6(10)3-8(9)18(11,12,13,14)15;1-2/h2-4H,1H3;1-2H3. The summed E-state index contributed by atoms with van der Waals surface area (Å²) in [7, 11) is -10.0. The fourth-order valence-corrected chi connectivity index (χ4v) is 2.37. The van der Waals surface area contributed by atoms with Gasteiger partial charge < -0.3 is 0 Å². The van der Waals surface area contributed by atoms with Gasteiger partial charge in [0.05, 0.1) is 6.20 Å².